The number of piperazine rings is 1. The van der Waals surface area contributed by atoms with Crippen molar-refractivity contribution in [1.82, 2.24) is 20.3 Å². The minimum Gasteiger partial charge on any atom is -0.396 e. The second-order valence-electron chi connectivity index (χ2n) is 8.85. The molecule has 0 saturated carbocycles. The predicted octanol–water partition coefficient (Wildman–Crippen LogP) is 0.752. The monoisotopic (exact) mass is 480 g/mol. The molecule has 0 bridgehead atoms. The van der Waals surface area contributed by atoms with Crippen LogP contribution in [0, 0.1) is 5.92 Å². The molecular weight excluding hydrogens is 448 g/mol. The Morgan fingerprint density at radius 2 is 2.17 bits per heavy atom. The number of fused-ring (bicyclic) bond motifs is 1. The van der Waals surface area contributed by atoms with Gasteiger partial charge < -0.3 is 25.3 Å². The fraction of sp³-hybridized carbons (Fsp3) is 0.440. The van der Waals surface area contributed by atoms with Gasteiger partial charge in [0.1, 0.15) is 0 Å². The lowest BCUT2D eigenvalue weighted by molar-refractivity contribution is -0.139. The van der Waals surface area contributed by atoms with Crippen LogP contribution in [0.3, 0.4) is 0 Å². The smallest absolute Gasteiger partial charge is 0.264 e. The molecule has 2 aliphatic heterocycles. The number of aliphatic hydroxyl groups is 2. The molecule has 1 aromatic carbocycles. The third-order valence-corrected chi connectivity index (χ3v) is 6.53. The lowest BCUT2D eigenvalue weighted by Crippen LogP contribution is -2.48. The average Bonchev–Trinajstić information content (AvgIpc) is 3.39. The number of nitrogens with one attached hydrogen (secondary N) is 1. The van der Waals surface area contributed by atoms with Gasteiger partial charge in [-0.25, -0.2) is 0 Å². The van der Waals surface area contributed by atoms with E-state index >= 15 is 0 Å². The van der Waals surface area contributed by atoms with Gasteiger partial charge in [-0.2, -0.15) is 0 Å². The third kappa shape index (κ3) is 4.77. The van der Waals surface area contributed by atoms with Crippen molar-refractivity contribution in [2.24, 2.45) is 5.92 Å². The second-order valence-corrected chi connectivity index (χ2v) is 8.85. The first kappa shape index (κ1) is 24.8. The van der Waals surface area contributed by atoms with Crippen molar-refractivity contribution in [1.29, 1.82) is 0 Å². The predicted molar refractivity (Wildman–Crippen MR) is 132 cm³/mol. The summed E-state index contributed by atoms with van der Waals surface area (Å²) in [6.45, 7) is 7.92. The van der Waals surface area contributed by atoms with E-state index in [0.717, 1.165) is 5.69 Å². The first-order valence-electron chi connectivity index (χ1n) is 11.9. The minimum atomic E-state index is -1.76. The van der Waals surface area contributed by atoms with Gasteiger partial charge in [0.2, 0.25) is 5.91 Å². The quantitative estimate of drug-likeness (QED) is 0.429. The maximum absolute atomic E-state index is 13.4. The first-order valence-corrected chi connectivity index (χ1v) is 11.9. The Morgan fingerprint density at radius 3 is 2.91 bits per heavy atom. The molecule has 2 amide bonds. The Balaban J connectivity index is 1.56. The Bertz CT molecular complexity index is 1130. The van der Waals surface area contributed by atoms with Crippen LogP contribution in [-0.4, -0.2) is 69.8 Å². The highest BCUT2D eigenvalue weighted by Gasteiger charge is 2.52. The molecule has 0 spiro atoms. The van der Waals surface area contributed by atoms with Crippen LogP contribution in [-0.2, 0) is 28.2 Å². The van der Waals surface area contributed by atoms with Crippen LogP contribution in [0.4, 0.5) is 11.4 Å². The van der Waals surface area contributed by atoms with E-state index in [9.17, 15) is 14.7 Å². The molecule has 0 unspecified atom stereocenters. The van der Waals surface area contributed by atoms with Gasteiger partial charge in [0.05, 0.1) is 17.9 Å². The first-order chi connectivity index (χ1) is 16.9. The van der Waals surface area contributed by atoms with E-state index in [2.05, 4.69) is 22.2 Å². The highest BCUT2D eigenvalue weighted by molar-refractivity contribution is 6.08. The van der Waals surface area contributed by atoms with Crippen molar-refractivity contribution in [3.05, 3.63) is 60.5 Å². The summed E-state index contributed by atoms with van der Waals surface area (Å²) in [6, 6.07) is 5.38. The van der Waals surface area contributed by atoms with E-state index < -0.39 is 17.4 Å². The average molecular weight is 481 g/mol. The van der Waals surface area contributed by atoms with Gasteiger partial charge in [-0.1, -0.05) is 30.4 Å². The summed E-state index contributed by atoms with van der Waals surface area (Å²) in [5.74, 6) is -0.966. The van der Waals surface area contributed by atoms with E-state index in [1.54, 1.807) is 34.0 Å². The zero-order valence-corrected chi connectivity index (χ0v) is 19.9. The Hall–Kier alpha value is -3.34. The molecule has 10 nitrogen and oxygen atoms in total. The molecule has 35 heavy (non-hydrogen) atoms. The van der Waals surface area contributed by atoms with Crippen molar-refractivity contribution in [3.8, 4) is 0 Å². The van der Waals surface area contributed by atoms with Gasteiger partial charge >= 0.3 is 0 Å². The highest BCUT2D eigenvalue weighted by Crippen LogP contribution is 2.46. The summed E-state index contributed by atoms with van der Waals surface area (Å²) in [5, 5.41) is 31.9. The van der Waals surface area contributed by atoms with Crippen LogP contribution in [0.1, 0.15) is 24.6 Å². The fourth-order valence-electron chi connectivity index (χ4n) is 4.62. The number of amides is 2. The van der Waals surface area contributed by atoms with Crippen LogP contribution in [0.5, 0.6) is 0 Å². The SMILES string of the molecule is C=CCN1C(=O)[C@](O)([C@H](C)/C=C/CCn2cc(CCO)nn2)c2cc(N3CCNCC3=O)ccc21. The molecule has 4 rings (SSSR count). The second kappa shape index (κ2) is 10.5. The third-order valence-electron chi connectivity index (χ3n) is 6.53. The van der Waals surface area contributed by atoms with Crippen LogP contribution < -0.4 is 15.1 Å². The van der Waals surface area contributed by atoms with Crippen molar-refractivity contribution < 1.29 is 19.8 Å². The number of allylic oxidation sites excluding steroid dienone is 1. The molecule has 0 aliphatic carbocycles. The molecule has 2 aliphatic rings. The van der Waals surface area contributed by atoms with E-state index in [-0.39, 0.29) is 25.6 Å². The van der Waals surface area contributed by atoms with E-state index in [1.807, 2.05) is 25.1 Å². The zero-order chi connectivity index (χ0) is 25.0. The summed E-state index contributed by atoms with van der Waals surface area (Å²) in [6.07, 6.45) is 8.28. The molecule has 3 heterocycles. The summed E-state index contributed by atoms with van der Waals surface area (Å²) >= 11 is 0. The largest absolute Gasteiger partial charge is 0.396 e. The minimum absolute atomic E-state index is 0.0254. The molecule has 1 aromatic heterocycles. The number of rotatable bonds is 10. The number of benzene rings is 1. The van der Waals surface area contributed by atoms with E-state index in [4.69, 9.17) is 5.11 Å². The number of nitrogens with zero attached hydrogens (tertiary/aromatic N) is 5. The number of aliphatic hydroxyl groups excluding tert-OH is 1. The lowest BCUT2D eigenvalue weighted by atomic mass is 9.82. The summed E-state index contributed by atoms with van der Waals surface area (Å²) < 4.78 is 1.70. The van der Waals surface area contributed by atoms with Crippen molar-refractivity contribution in [2.45, 2.75) is 31.9 Å². The summed E-state index contributed by atoms with van der Waals surface area (Å²) in [7, 11) is 0. The number of hydrogen-bond acceptors (Lipinski definition) is 7. The highest BCUT2D eigenvalue weighted by atomic mass is 16.3. The molecule has 2 aromatic rings. The maximum atomic E-state index is 13.4. The Labute approximate surface area is 204 Å². The molecule has 10 heteroatoms. The molecule has 2 atom stereocenters. The molecule has 1 fully saturated rings. The van der Waals surface area contributed by atoms with Crippen molar-refractivity contribution >= 4 is 23.2 Å². The number of anilines is 2. The van der Waals surface area contributed by atoms with Crippen molar-refractivity contribution in [2.75, 3.05) is 42.6 Å². The topological polar surface area (TPSA) is 124 Å². The van der Waals surface area contributed by atoms with Crippen LogP contribution in [0.25, 0.3) is 0 Å². The molecule has 1 saturated heterocycles. The Morgan fingerprint density at radius 1 is 1.34 bits per heavy atom. The van der Waals surface area contributed by atoms with Crippen LogP contribution in [0.15, 0.2) is 49.2 Å². The molecule has 186 valence electrons. The number of aryl methyl sites for hydroxylation is 1. The Kier molecular flexibility index (Phi) is 7.44. The number of hydrogen-bond donors (Lipinski definition) is 3. The van der Waals surface area contributed by atoms with Gasteiger partial charge in [0.15, 0.2) is 5.60 Å². The van der Waals surface area contributed by atoms with Crippen LogP contribution in [0.2, 0.25) is 0 Å². The van der Waals surface area contributed by atoms with Gasteiger partial charge in [0, 0.05) is 62.6 Å². The van der Waals surface area contributed by atoms with Crippen LogP contribution >= 0.6 is 0 Å². The summed E-state index contributed by atoms with van der Waals surface area (Å²) in [5.41, 5.74) is 0.762. The zero-order valence-electron chi connectivity index (χ0n) is 19.9. The lowest BCUT2D eigenvalue weighted by Gasteiger charge is -2.30. The van der Waals surface area contributed by atoms with Crippen molar-refractivity contribution in [3.63, 3.8) is 0 Å². The van der Waals surface area contributed by atoms with Gasteiger partial charge in [-0.3, -0.25) is 14.3 Å². The number of carbonyl (C=O) groups excluding carboxylic acids is 2. The number of carbonyl (C=O) groups is 2. The summed E-state index contributed by atoms with van der Waals surface area (Å²) in [4.78, 5) is 29.1. The van der Waals surface area contributed by atoms with E-state index in [0.29, 0.717) is 49.4 Å². The number of aromatic nitrogens is 3. The standard InChI is InChI=1S/C25H32N6O4/c1-3-11-31-22-8-7-20(30-13-10-26-16-23(30)33)15-21(22)25(35,24(31)34)18(2)6-4-5-12-29-17-19(9-14-32)27-28-29/h3-4,6-8,15,17-18,26,32,35H,1,5,9-14,16H2,2H3/b6-4+/t18-,25+/m1/s1. The maximum Gasteiger partial charge on any atom is 0.264 e. The molecule has 0 radical (unpaired) electrons. The van der Waals surface area contributed by atoms with E-state index in [1.165, 1.54) is 4.90 Å². The molecular formula is C25H32N6O4. The fourth-order valence-corrected chi connectivity index (χ4v) is 4.62. The molecule has 3 N–H and O–H groups in total. The normalized spacial score (nSPS) is 21.1. The van der Waals surface area contributed by atoms with Gasteiger partial charge in [-0.05, 0) is 24.6 Å². The van der Waals surface area contributed by atoms with Gasteiger partial charge in [0.25, 0.3) is 5.91 Å². The van der Waals surface area contributed by atoms with Gasteiger partial charge in [-0.15, -0.1) is 11.7 Å².